The standard InChI is InChI=1S/C58H36N4O/c1-3-13-41(14-4-1)54-49-19-8-7-18-48(49)53-45(20-12-23-51(53)59-54)39-29-25-37(26-30-39)38-27-33-43(34-28-38)57-60-56(42-15-5-2-6-16-42)61-58(62-57)44-35-31-40(32-36-44)46-21-11-22-50-47-17-9-10-24-52(47)63-55(46)50/h1-36H. The summed E-state index contributed by atoms with van der Waals surface area (Å²) in [7, 11) is 0. The smallest absolute Gasteiger partial charge is 0.164 e. The largest absolute Gasteiger partial charge is 0.455 e. The number of benzene rings is 9. The van der Waals surface area contributed by atoms with Crippen LogP contribution in [0.1, 0.15) is 0 Å². The Kier molecular flexibility index (Phi) is 8.75. The molecule has 5 nitrogen and oxygen atoms in total. The van der Waals surface area contributed by atoms with Crippen molar-refractivity contribution in [1.82, 2.24) is 19.9 Å². The van der Waals surface area contributed by atoms with Gasteiger partial charge in [-0.05, 0) is 45.3 Å². The Morgan fingerprint density at radius 2 is 0.714 bits per heavy atom. The minimum atomic E-state index is 0.611. The lowest BCUT2D eigenvalue weighted by Gasteiger charge is -2.14. The summed E-state index contributed by atoms with van der Waals surface area (Å²) in [5.41, 5.74) is 14.3. The van der Waals surface area contributed by atoms with Gasteiger partial charge < -0.3 is 4.42 Å². The van der Waals surface area contributed by atoms with Crippen molar-refractivity contribution in [3.63, 3.8) is 0 Å². The van der Waals surface area contributed by atoms with Crippen molar-refractivity contribution in [3.05, 3.63) is 218 Å². The fourth-order valence-corrected chi connectivity index (χ4v) is 8.84. The molecule has 12 rings (SSSR count). The number of rotatable bonds is 7. The third-order valence-electron chi connectivity index (χ3n) is 12.0. The Hall–Kier alpha value is -8.54. The van der Waals surface area contributed by atoms with E-state index in [4.69, 9.17) is 24.4 Å². The third-order valence-corrected chi connectivity index (χ3v) is 12.0. The first-order valence-electron chi connectivity index (χ1n) is 21.1. The van der Waals surface area contributed by atoms with Gasteiger partial charge in [-0.3, -0.25) is 0 Å². The van der Waals surface area contributed by atoms with Crippen molar-refractivity contribution < 1.29 is 4.42 Å². The quantitative estimate of drug-likeness (QED) is 0.150. The number of fused-ring (bicyclic) bond motifs is 6. The second-order valence-corrected chi connectivity index (χ2v) is 15.8. The van der Waals surface area contributed by atoms with Crippen molar-refractivity contribution in [2.24, 2.45) is 0 Å². The highest BCUT2D eigenvalue weighted by Gasteiger charge is 2.17. The summed E-state index contributed by atoms with van der Waals surface area (Å²) in [5, 5.41) is 5.72. The van der Waals surface area contributed by atoms with E-state index in [-0.39, 0.29) is 0 Å². The van der Waals surface area contributed by atoms with E-state index in [1.54, 1.807) is 0 Å². The molecule has 0 aliphatic rings. The van der Waals surface area contributed by atoms with Crippen LogP contribution < -0.4 is 0 Å². The maximum atomic E-state index is 6.35. The van der Waals surface area contributed by atoms with Crippen molar-refractivity contribution >= 4 is 43.6 Å². The maximum absolute atomic E-state index is 6.35. The van der Waals surface area contributed by atoms with Gasteiger partial charge in [-0.1, -0.05) is 206 Å². The molecule has 63 heavy (non-hydrogen) atoms. The Balaban J connectivity index is 0.866. The number of pyridine rings is 1. The molecule has 9 aromatic carbocycles. The van der Waals surface area contributed by atoms with Crippen molar-refractivity contribution in [2.45, 2.75) is 0 Å². The van der Waals surface area contributed by atoms with Gasteiger partial charge in [-0.2, -0.15) is 0 Å². The topological polar surface area (TPSA) is 64.7 Å². The molecule has 0 saturated carbocycles. The third kappa shape index (κ3) is 6.51. The van der Waals surface area contributed by atoms with Gasteiger partial charge in [0.05, 0.1) is 11.2 Å². The van der Waals surface area contributed by atoms with E-state index in [9.17, 15) is 0 Å². The number of para-hydroxylation sites is 2. The number of hydrogen-bond acceptors (Lipinski definition) is 5. The Morgan fingerprint density at radius 3 is 1.35 bits per heavy atom. The lowest BCUT2D eigenvalue weighted by molar-refractivity contribution is 0.670. The molecule has 0 unspecified atom stereocenters. The van der Waals surface area contributed by atoms with Gasteiger partial charge in [-0.15, -0.1) is 0 Å². The molecule has 12 aromatic rings. The number of nitrogens with zero attached hydrogens (tertiary/aromatic N) is 4. The average Bonchev–Trinajstić information content (AvgIpc) is 3.76. The molecule has 5 heteroatoms. The maximum Gasteiger partial charge on any atom is 0.164 e. The first-order valence-corrected chi connectivity index (χ1v) is 21.1. The van der Waals surface area contributed by atoms with Crippen LogP contribution in [0.25, 0.3) is 122 Å². The zero-order valence-electron chi connectivity index (χ0n) is 34.0. The Morgan fingerprint density at radius 1 is 0.270 bits per heavy atom. The lowest BCUT2D eigenvalue weighted by Crippen LogP contribution is -2.00. The SMILES string of the molecule is c1ccc(-c2nc(-c3ccc(-c4ccc(-c5cccc6nc(-c7ccccc7)c7ccccc7c56)cc4)cc3)nc(-c3ccc(-c4cccc5c4oc4ccccc45)cc3)n2)cc1. The monoisotopic (exact) mass is 804 g/mol. The number of furan rings is 1. The zero-order valence-corrected chi connectivity index (χ0v) is 34.0. The summed E-state index contributed by atoms with van der Waals surface area (Å²) in [5.74, 6) is 1.85. The summed E-state index contributed by atoms with van der Waals surface area (Å²) in [6, 6.07) is 75.7. The molecule has 0 saturated heterocycles. The summed E-state index contributed by atoms with van der Waals surface area (Å²) < 4.78 is 6.35. The molecule has 3 heterocycles. The van der Waals surface area contributed by atoms with Crippen LogP contribution in [0.15, 0.2) is 223 Å². The molecule has 0 radical (unpaired) electrons. The number of aromatic nitrogens is 4. The van der Waals surface area contributed by atoms with Crippen LogP contribution in [0, 0.1) is 0 Å². The lowest BCUT2D eigenvalue weighted by atomic mass is 9.93. The van der Waals surface area contributed by atoms with Crippen LogP contribution in [-0.2, 0) is 0 Å². The van der Waals surface area contributed by atoms with E-state index in [0.29, 0.717) is 17.5 Å². The molecule has 294 valence electrons. The van der Waals surface area contributed by atoms with Gasteiger partial charge in [-0.25, -0.2) is 19.9 Å². The van der Waals surface area contributed by atoms with Crippen LogP contribution in [0.2, 0.25) is 0 Å². The van der Waals surface area contributed by atoms with Crippen LogP contribution in [-0.4, -0.2) is 19.9 Å². The van der Waals surface area contributed by atoms with Crippen molar-refractivity contribution in [1.29, 1.82) is 0 Å². The molecule has 0 aliphatic carbocycles. The molecule has 0 atom stereocenters. The van der Waals surface area contributed by atoms with Crippen molar-refractivity contribution in [2.75, 3.05) is 0 Å². The molecular formula is C58H36N4O. The van der Waals surface area contributed by atoms with E-state index in [0.717, 1.165) is 99.6 Å². The Bertz CT molecular complexity index is 3640. The first kappa shape index (κ1) is 36.3. The summed E-state index contributed by atoms with van der Waals surface area (Å²) in [6.07, 6.45) is 0. The van der Waals surface area contributed by atoms with Gasteiger partial charge >= 0.3 is 0 Å². The van der Waals surface area contributed by atoms with E-state index in [1.807, 2.05) is 54.6 Å². The highest BCUT2D eigenvalue weighted by atomic mass is 16.3. The second-order valence-electron chi connectivity index (χ2n) is 15.8. The fourth-order valence-electron chi connectivity index (χ4n) is 8.84. The predicted molar refractivity (Wildman–Crippen MR) is 258 cm³/mol. The second kappa shape index (κ2) is 15.2. The zero-order chi connectivity index (χ0) is 41.7. The molecule has 0 bridgehead atoms. The first-order chi connectivity index (χ1) is 31.2. The molecular weight excluding hydrogens is 769 g/mol. The van der Waals surface area contributed by atoms with Crippen molar-refractivity contribution in [3.8, 4) is 78.8 Å². The van der Waals surface area contributed by atoms with E-state index < -0.39 is 0 Å². The van der Waals surface area contributed by atoms with Gasteiger partial charge in [0.2, 0.25) is 0 Å². The van der Waals surface area contributed by atoms with Crippen LogP contribution >= 0.6 is 0 Å². The molecule has 0 amide bonds. The fraction of sp³-hybridized carbons (Fsp3) is 0. The van der Waals surface area contributed by atoms with E-state index in [2.05, 4.69) is 164 Å². The summed E-state index contributed by atoms with van der Waals surface area (Å²) in [4.78, 5) is 20.3. The van der Waals surface area contributed by atoms with Crippen LogP contribution in [0.4, 0.5) is 0 Å². The summed E-state index contributed by atoms with van der Waals surface area (Å²) in [6.45, 7) is 0. The summed E-state index contributed by atoms with van der Waals surface area (Å²) >= 11 is 0. The predicted octanol–water partition coefficient (Wildman–Crippen LogP) is 15.1. The molecule has 0 N–H and O–H groups in total. The highest BCUT2D eigenvalue weighted by Crippen LogP contribution is 2.39. The normalized spacial score (nSPS) is 11.5. The highest BCUT2D eigenvalue weighted by molar-refractivity contribution is 6.16. The minimum Gasteiger partial charge on any atom is -0.455 e. The molecule has 0 fully saturated rings. The van der Waals surface area contributed by atoms with Crippen LogP contribution in [0.3, 0.4) is 0 Å². The molecule has 0 spiro atoms. The number of hydrogen-bond donors (Lipinski definition) is 0. The van der Waals surface area contributed by atoms with Gasteiger partial charge in [0.1, 0.15) is 11.2 Å². The minimum absolute atomic E-state index is 0.611. The molecule has 0 aliphatic heterocycles. The van der Waals surface area contributed by atoms with Gasteiger partial charge in [0, 0.05) is 49.4 Å². The van der Waals surface area contributed by atoms with Gasteiger partial charge in [0.25, 0.3) is 0 Å². The van der Waals surface area contributed by atoms with Crippen LogP contribution in [0.5, 0.6) is 0 Å². The average molecular weight is 805 g/mol. The van der Waals surface area contributed by atoms with E-state index in [1.165, 1.54) is 5.39 Å². The van der Waals surface area contributed by atoms with E-state index >= 15 is 0 Å². The molecule has 3 aromatic heterocycles. The Labute approximate surface area is 363 Å². The van der Waals surface area contributed by atoms with Gasteiger partial charge in [0.15, 0.2) is 17.5 Å².